The van der Waals surface area contributed by atoms with Crippen LogP contribution in [0.2, 0.25) is 0 Å². The summed E-state index contributed by atoms with van der Waals surface area (Å²) in [6, 6.07) is 0. The van der Waals surface area contributed by atoms with Crippen LogP contribution in [0.5, 0.6) is 0 Å². The van der Waals surface area contributed by atoms with Gasteiger partial charge in [0.05, 0.1) is 46.1 Å². The summed E-state index contributed by atoms with van der Waals surface area (Å²) in [5.41, 5.74) is 0.223. The lowest BCUT2D eigenvalue weighted by molar-refractivity contribution is -0.138. The number of carbonyl (C=O) groups excluding carboxylic acids is 1. The van der Waals surface area contributed by atoms with Gasteiger partial charge in [0.15, 0.2) is 0 Å². The zero-order chi connectivity index (χ0) is 25.3. The Hall–Kier alpha value is -1.96. The molecular formula is C26H45NO6. The van der Waals surface area contributed by atoms with Crippen molar-refractivity contribution in [3.8, 4) is 0 Å². The van der Waals surface area contributed by atoms with E-state index in [2.05, 4.69) is 46.9 Å². The lowest BCUT2D eigenvalue weighted by atomic mass is 9.93. The van der Waals surface area contributed by atoms with Crippen LogP contribution in [0.25, 0.3) is 0 Å². The normalized spacial score (nSPS) is 13.4. The smallest absolute Gasteiger partial charge is 0.305 e. The monoisotopic (exact) mass is 467 g/mol. The van der Waals surface area contributed by atoms with Crippen LogP contribution < -0.4 is 5.32 Å². The fraction of sp³-hybridized carbons (Fsp3) is 0.692. The molecule has 0 aromatic rings. The number of carboxylic acids is 1. The number of carbonyl (C=O) groups is 2. The quantitative estimate of drug-likeness (QED) is 0.176. The molecule has 0 bridgehead atoms. The summed E-state index contributed by atoms with van der Waals surface area (Å²) in [6.45, 7) is 17.3. The highest BCUT2D eigenvalue weighted by Gasteiger charge is 2.23. The van der Waals surface area contributed by atoms with Crippen molar-refractivity contribution in [2.24, 2.45) is 16.7 Å². The van der Waals surface area contributed by atoms with E-state index in [4.69, 9.17) is 19.3 Å². The number of allylic oxidation sites excluding steroid dienone is 4. The van der Waals surface area contributed by atoms with Gasteiger partial charge < -0.3 is 24.6 Å². The van der Waals surface area contributed by atoms with Gasteiger partial charge in [-0.2, -0.15) is 0 Å². The lowest BCUT2D eigenvalue weighted by Gasteiger charge is -2.29. The van der Waals surface area contributed by atoms with Gasteiger partial charge in [0.2, 0.25) is 0 Å². The van der Waals surface area contributed by atoms with Crippen LogP contribution in [0, 0.1) is 16.7 Å². The largest absolute Gasteiger partial charge is 0.481 e. The Bertz CT molecular complexity index is 662. The molecule has 0 radical (unpaired) electrons. The Balaban J connectivity index is 4.33. The van der Waals surface area contributed by atoms with Gasteiger partial charge in [-0.1, -0.05) is 65.8 Å². The lowest BCUT2D eigenvalue weighted by Crippen LogP contribution is -2.38. The molecular weight excluding hydrogens is 422 g/mol. The number of carboxylic acid groups (broad SMARTS) is 1. The van der Waals surface area contributed by atoms with Crippen molar-refractivity contribution in [2.75, 3.05) is 46.2 Å². The minimum atomic E-state index is -0.870. The number of aliphatic carboxylic acids is 1. The van der Waals surface area contributed by atoms with Crippen LogP contribution in [-0.4, -0.2) is 63.2 Å². The molecule has 0 aromatic heterocycles. The Kier molecular flexibility index (Phi) is 15.6. The average Bonchev–Trinajstić information content (AvgIpc) is 2.70. The van der Waals surface area contributed by atoms with Gasteiger partial charge >= 0.3 is 5.97 Å². The number of ether oxygens (including phenoxy) is 3. The summed E-state index contributed by atoms with van der Waals surface area (Å²) in [6.07, 6.45) is 9.46. The second-order valence-corrected chi connectivity index (χ2v) is 10.1. The third-order valence-electron chi connectivity index (χ3n) is 4.42. The van der Waals surface area contributed by atoms with Gasteiger partial charge in [-0.05, 0) is 18.9 Å². The molecule has 0 aromatic carbocycles. The molecule has 0 rings (SSSR count). The summed E-state index contributed by atoms with van der Waals surface area (Å²) < 4.78 is 16.8. The first-order valence-electron chi connectivity index (χ1n) is 11.6. The molecule has 0 fully saturated rings. The molecule has 0 aliphatic heterocycles. The van der Waals surface area contributed by atoms with Crippen LogP contribution in [-0.2, 0) is 23.8 Å². The maximum Gasteiger partial charge on any atom is 0.305 e. The maximum atomic E-state index is 12.6. The Morgan fingerprint density at radius 3 is 2.15 bits per heavy atom. The van der Waals surface area contributed by atoms with Gasteiger partial charge in [0.25, 0.3) is 5.91 Å². The highest BCUT2D eigenvalue weighted by molar-refractivity contribution is 5.96. The molecule has 0 aliphatic carbocycles. The van der Waals surface area contributed by atoms with Crippen LogP contribution >= 0.6 is 0 Å². The standard InChI is InChI=1S/C26H45NO6/c1-8-10-22(12-9-11-21(2)3)24(30)27-17-25(4,5)18-33-20-26(6,7)19-32-16-15-31-14-13-23(28)29/h8-12,21H,13-20H2,1-7H3,(H,27,30)(H,28,29)/b10-8-,11-9-,22-12+. The Labute approximate surface area is 200 Å². The molecule has 0 unspecified atom stereocenters. The summed E-state index contributed by atoms with van der Waals surface area (Å²) in [7, 11) is 0. The molecule has 2 N–H and O–H groups in total. The van der Waals surface area contributed by atoms with E-state index in [1.807, 2.05) is 37.3 Å². The predicted molar refractivity (Wildman–Crippen MR) is 132 cm³/mol. The van der Waals surface area contributed by atoms with Crippen molar-refractivity contribution in [2.45, 2.75) is 54.9 Å². The zero-order valence-electron chi connectivity index (χ0n) is 21.6. The molecule has 0 heterocycles. The van der Waals surface area contributed by atoms with Crippen LogP contribution in [0.15, 0.2) is 36.0 Å². The van der Waals surface area contributed by atoms with E-state index >= 15 is 0 Å². The molecule has 0 spiro atoms. The Morgan fingerprint density at radius 1 is 0.939 bits per heavy atom. The van der Waals surface area contributed by atoms with Crippen LogP contribution in [0.4, 0.5) is 0 Å². The molecule has 0 atom stereocenters. The van der Waals surface area contributed by atoms with Crippen molar-refractivity contribution in [3.05, 3.63) is 36.0 Å². The molecule has 0 aliphatic rings. The predicted octanol–water partition coefficient (Wildman–Crippen LogP) is 4.39. The maximum absolute atomic E-state index is 12.6. The van der Waals surface area contributed by atoms with Gasteiger partial charge in [-0.3, -0.25) is 9.59 Å². The summed E-state index contributed by atoms with van der Waals surface area (Å²) in [4.78, 5) is 23.0. The van der Waals surface area contributed by atoms with E-state index in [-0.39, 0.29) is 29.8 Å². The summed E-state index contributed by atoms with van der Waals surface area (Å²) in [5.74, 6) is -0.543. The van der Waals surface area contributed by atoms with Crippen LogP contribution in [0.1, 0.15) is 54.9 Å². The van der Waals surface area contributed by atoms with Crippen molar-refractivity contribution < 1.29 is 28.9 Å². The third-order valence-corrected chi connectivity index (χ3v) is 4.42. The van der Waals surface area contributed by atoms with Crippen LogP contribution in [0.3, 0.4) is 0 Å². The molecule has 0 saturated heterocycles. The molecule has 1 amide bonds. The number of nitrogens with one attached hydrogen (secondary N) is 1. The molecule has 7 heteroatoms. The highest BCUT2D eigenvalue weighted by atomic mass is 16.5. The minimum absolute atomic E-state index is 0.00232. The number of amides is 1. The number of hydrogen-bond donors (Lipinski definition) is 2. The summed E-state index contributed by atoms with van der Waals surface area (Å²) >= 11 is 0. The fourth-order valence-corrected chi connectivity index (χ4v) is 2.61. The molecule has 0 saturated carbocycles. The van der Waals surface area contributed by atoms with Crippen molar-refractivity contribution in [1.82, 2.24) is 5.32 Å². The van der Waals surface area contributed by atoms with Crippen molar-refractivity contribution in [3.63, 3.8) is 0 Å². The third kappa shape index (κ3) is 18.2. The minimum Gasteiger partial charge on any atom is -0.481 e. The van der Waals surface area contributed by atoms with Crippen molar-refractivity contribution >= 4 is 11.9 Å². The van der Waals surface area contributed by atoms with Gasteiger partial charge in [0.1, 0.15) is 0 Å². The van der Waals surface area contributed by atoms with E-state index in [9.17, 15) is 9.59 Å². The van der Waals surface area contributed by atoms with Gasteiger partial charge in [0, 0.05) is 22.9 Å². The first kappa shape index (κ1) is 31.0. The topological polar surface area (TPSA) is 94.1 Å². The summed E-state index contributed by atoms with van der Waals surface area (Å²) in [5, 5.41) is 11.6. The second-order valence-electron chi connectivity index (χ2n) is 10.1. The SMILES string of the molecule is C\C=C/C(=C\C=C/C(C)C)C(=O)NCC(C)(C)COCC(C)(C)COCCOCCC(=O)O. The van der Waals surface area contributed by atoms with E-state index in [1.54, 1.807) is 0 Å². The van der Waals surface area contributed by atoms with Gasteiger partial charge in [-0.15, -0.1) is 0 Å². The van der Waals surface area contributed by atoms with Gasteiger partial charge in [-0.25, -0.2) is 0 Å². The first-order chi connectivity index (χ1) is 15.4. The number of rotatable bonds is 18. The van der Waals surface area contributed by atoms with E-state index in [0.29, 0.717) is 51.1 Å². The van der Waals surface area contributed by atoms with E-state index in [0.717, 1.165) is 0 Å². The second kappa shape index (κ2) is 16.6. The van der Waals surface area contributed by atoms with Crippen molar-refractivity contribution in [1.29, 1.82) is 0 Å². The van der Waals surface area contributed by atoms with E-state index < -0.39 is 5.97 Å². The Morgan fingerprint density at radius 2 is 1.55 bits per heavy atom. The molecule has 33 heavy (non-hydrogen) atoms. The molecule has 7 nitrogen and oxygen atoms in total. The first-order valence-corrected chi connectivity index (χ1v) is 11.6. The molecule has 190 valence electrons. The highest BCUT2D eigenvalue weighted by Crippen LogP contribution is 2.20. The average molecular weight is 468 g/mol. The van der Waals surface area contributed by atoms with E-state index in [1.165, 1.54) is 0 Å². The number of hydrogen-bond acceptors (Lipinski definition) is 5. The zero-order valence-corrected chi connectivity index (χ0v) is 21.6. The fourth-order valence-electron chi connectivity index (χ4n) is 2.61.